The summed E-state index contributed by atoms with van der Waals surface area (Å²) < 4.78 is 0. The molecule has 102 valence electrons. The van der Waals surface area contributed by atoms with Crippen molar-refractivity contribution in [2.75, 3.05) is 26.2 Å². The molecule has 0 aromatic rings. The van der Waals surface area contributed by atoms with Crippen LogP contribution in [-0.4, -0.2) is 47.8 Å². The highest BCUT2D eigenvalue weighted by molar-refractivity contribution is 4.99. The molecule has 1 aliphatic rings. The van der Waals surface area contributed by atoms with Crippen molar-refractivity contribution in [3.05, 3.63) is 0 Å². The van der Waals surface area contributed by atoms with Crippen molar-refractivity contribution in [3.8, 4) is 0 Å². The molecule has 1 saturated carbocycles. The monoisotopic (exact) mass is 242 g/mol. The summed E-state index contributed by atoms with van der Waals surface area (Å²) in [5.41, 5.74) is -0.000844. The molecule has 2 atom stereocenters. The Balaban J connectivity index is 2.56. The summed E-state index contributed by atoms with van der Waals surface area (Å²) in [4.78, 5) is 2.62. The molecule has 0 aromatic heterocycles. The Morgan fingerprint density at radius 1 is 1.24 bits per heavy atom. The highest BCUT2D eigenvalue weighted by atomic mass is 16.3. The van der Waals surface area contributed by atoms with Crippen LogP contribution < -0.4 is 5.32 Å². The molecule has 0 saturated heterocycles. The average Bonchev–Trinajstić information content (AvgIpc) is 2.74. The van der Waals surface area contributed by atoms with Gasteiger partial charge in [-0.25, -0.2) is 0 Å². The Bertz CT molecular complexity index is 204. The van der Waals surface area contributed by atoms with Gasteiger partial charge in [-0.1, -0.05) is 20.8 Å². The van der Waals surface area contributed by atoms with E-state index in [0.717, 1.165) is 19.4 Å². The third-order valence-corrected chi connectivity index (χ3v) is 3.97. The zero-order valence-electron chi connectivity index (χ0n) is 11.8. The van der Waals surface area contributed by atoms with Gasteiger partial charge in [-0.15, -0.1) is 0 Å². The topological polar surface area (TPSA) is 35.5 Å². The van der Waals surface area contributed by atoms with Crippen LogP contribution in [0.4, 0.5) is 0 Å². The molecule has 3 heteroatoms. The minimum absolute atomic E-state index is 0.000844. The van der Waals surface area contributed by atoms with Crippen LogP contribution in [0.5, 0.6) is 0 Å². The van der Waals surface area contributed by atoms with Gasteiger partial charge in [0.2, 0.25) is 0 Å². The van der Waals surface area contributed by atoms with E-state index >= 15 is 0 Å². The molecule has 1 fully saturated rings. The summed E-state index contributed by atoms with van der Waals surface area (Å²) in [5, 5.41) is 13.1. The van der Waals surface area contributed by atoms with Gasteiger partial charge in [-0.05, 0) is 51.7 Å². The van der Waals surface area contributed by atoms with Crippen LogP contribution in [0.25, 0.3) is 0 Å². The van der Waals surface area contributed by atoms with E-state index in [1.165, 1.54) is 32.4 Å². The Morgan fingerprint density at radius 3 is 2.35 bits per heavy atom. The standard InChI is InChI=1S/C14H30N2O/c1-4-9-16(10-5-2)13-7-8-14(11-13,12-17)15-6-3/h13,15,17H,4-12H2,1-3H3. The molecule has 1 rings (SSSR count). The Kier molecular flexibility index (Phi) is 6.45. The lowest BCUT2D eigenvalue weighted by atomic mass is 9.98. The van der Waals surface area contributed by atoms with Gasteiger partial charge in [-0.3, -0.25) is 0 Å². The van der Waals surface area contributed by atoms with Crippen molar-refractivity contribution >= 4 is 0 Å². The van der Waals surface area contributed by atoms with E-state index < -0.39 is 0 Å². The first-order valence-corrected chi connectivity index (χ1v) is 7.31. The zero-order chi connectivity index (χ0) is 12.7. The van der Waals surface area contributed by atoms with E-state index in [2.05, 4.69) is 31.0 Å². The van der Waals surface area contributed by atoms with Gasteiger partial charge >= 0.3 is 0 Å². The normalized spacial score (nSPS) is 29.1. The Morgan fingerprint density at radius 2 is 1.88 bits per heavy atom. The number of likely N-dealkylation sites (N-methyl/N-ethyl adjacent to an activating group) is 1. The van der Waals surface area contributed by atoms with Crippen molar-refractivity contribution in [1.29, 1.82) is 0 Å². The molecular weight excluding hydrogens is 212 g/mol. The molecule has 17 heavy (non-hydrogen) atoms. The van der Waals surface area contributed by atoms with Crippen LogP contribution in [0, 0.1) is 0 Å². The number of hydrogen-bond donors (Lipinski definition) is 2. The van der Waals surface area contributed by atoms with Gasteiger partial charge in [0.25, 0.3) is 0 Å². The largest absolute Gasteiger partial charge is 0.394 e. The van der Waals surface area contributed by atoms with Crippen LogP contribution in [-0.2, 0) is 0 Å². The average molecular weight is 242 g/mol. The number of nitrogens with zero attached hydrogens (tertiary/aromatic N) is 1. The summed E-state index contributed by atoms with van der Waals surface area (Å²) in [7, 11) is 0. The van der Waals surface area contributed by atoms with Crippen molar-refractivity contribution in [1.82, 2.24) is 10.2 Å². The van der Waals surface area contributed by atoms with E-state index in [1.54, 1.807) is 0 Å². The van der Waals surface area contributed by atoms with Crippen molar-refractivity contribution < 1.29 is 5.11 Å². The van der Waals surface area contributed by atoms with Gasteiger partial charge in [-0.2, -0.15) is 0 Å². The summed E-state index contributed by atoms with van der Waals surface area (Å²) in [6.45, 7) is 10.3. The molecular formula is C14H30N2O. The minimum Gasteiger partial charge on any atom is -0.394 e. The lowest BCUT2D eigenvalue weighted by Gasteiger charge is -2.32. The first-order chi connectivity index (χ1) is 8.21. The molecule has 0 amide bonds. The van der Waals surface area contributed by atoms with Gasteiger partial charge in [0.05, 0.1) is 6.61 Å². The second kappa shape index (κ2) is 7.34. The second-order valence-electron chi connectivity index (χ2n) is 5.40. The van der Waals surface area contributed by atoms with Crippen LogP contribution in [0.15, 0.2) is 0 Å². The molecule has 0 spiro atoms. The fraction of sp³-hybridized carbons (Fsp3) is 1.00. The van der Waals surface area contributed by atoms with Crippen molar-refractivity contribution in [3.63, 3.8) is 0 Å². The van der Waals surface area contributed by atoms with Crippen LogP contribution in [0.1, 0.15) is 52.9 Å². The highest BCUT2D eigenvalue weighted by Crippen LogP contribution is 2.33. The van der Waals surface area contributed by atoms with Crippen LogP contribution >= 0.6 is 0 Å². The summed E-state index contributed by atoms with van der Waals surface area (Å²) in [6, 6.07) is 0.668. The molecule has 0 bridgehead atoms. The zero-order valence-corrected chi connectivity index (χ0v) is 11.8. The number of hydrogen-bond acceptors (Lipinski definition) is 3. The van der Waals surface area contributed by atoms with Gasteiger partial charge in [0.15, 0.2) is 0 Å². The quantitative estimate of drug-likeness (QED) is 0.683. The summed E-state index contributed by atoms with van der Waals surface area (Å²) >= 11 is 0. The number of aliphatic hydroxyl groups excluding tert-OH is 1. The molecule has 1 aliphatic carbocycles. The Hall–Kier alpha value is -0.120. The molecule has 2 N–H and O–H groups in total. The first kappa shape index (κ1) is 14.9. The third kappa shape index (κ3) is 3.94. The number of aliphatic hydroxyl groups is 1. The maximum absolute atomic E-state index is 9.63. The maximum atomic E-state index is 9.63. The minimum atomic E-state index is -0.000844. The third-order valence-electron chi connectivity index (χ3n) is 3.97. The lowest BCUT2D eigenvalue weighted by Crippen LogP contribution is -2.48. The molecule has 0 aromatic carbocycles. The van der Waals surface area contributed by atoms with E-state index in [9.17, 15) is 5.11 Å². The van der Waals surface area contributed by atoms with E-state index in [4.69, 9.17) is 0 Å². The number of nitrogens with one attached hydrogen (secondary N) is 1. The smallest absolute Gasteiger partial charge is 0.0613 e. The predicted molar refractivity (Wildman–Crippen MR) is 73.3 cm³/mol. The lowest BCUT2D eigenvalue weighted by molar-refractivity contribution is 0.143. The summed E-state index contributed by atoms with van der Waals surface area (Å²) in [5.74, 6) is 0. The molecule has 2 unspecified atom stereocenters. The SMILES string of the molecule is CCCN(CCC)C1CCC(CO)(NCC)C1. The molecule has 0 radical (unpaired) electrons. The van der Waals surface area contributed by atoms with Gasteiger partial charge in [0, 0.05) is 11.6 Å². The van der Waals surface area contributed by atoms with Crippen molar-refractivity contribution in [2.24, 2.45) is 0 Å². The van der Waals surface area contributed by atoms with Gasteiger partial charge in [0.1, 0.15) is 0 Å². The van der Waals surface area contributed by atoms with E-state index in [-0.39, 0.29) is 12.1 Å². The van der Waals surface area contributed by atoms with Crippen LogP contribution in [0.2, 0.25) is 0 Å². The fourth-order valence-corrected chi connectivity index (χ4v) is 3.20. The molecule has 0 heterocycles. The van der Waals surface area contributed by atoms with Crippen LogP contribution in [0.3, 0.4) is 0 Å². The van der Waals surface area contributed by atoms with Gasteiger partial charge < -0.3 is 15.3 Å². The summed E-state index contributed by atoms with van der Waals surface area (Å²) in [6.07, 6.45) is 5.91. The molecule has 0 aliphatic heterocycles. The predicted octanol–water partition coefficient (Wildman–Crippen LogP) is 2.00. The fourth-order valence-electron chi connectivity index (χ4n) is 3.20. The maximum Gasteiger partial charge on any atom is 0.0613 e. The van der Waals surface area contributed by atoms with Crippen molar-refractivity contribution in [2.45, 2.75) is 64.5 Å². The second-order valence-corrected chi connectivity index (χ2v) is 5.40. The highest BCUT2D eigenvalue weighted by Gasteiger charge is 2.39. The Labute approximate surface area is 107 Å². The van der Waals surface area contributed by atoms with E-state index in [1.807, 2.05) is 0 Å². The van der Waals surface area contributed by atoms with E-state index in [0.29, 0.717) is 6.04 Å². The first-order valence-electron chi connectivity index (χ1n) is 7.31. The number of rotatable bonds is 8. The molecule has 3 nitrogen and oxygen atoms in total.